The Kier molecular flexibility index (Phi) is 5.52. The van der Waals surface area contributed by atoms with Gasteiger partial charge in [0.1, 0.15) is 0 Å². The molecule has 0 bridgehead atoms. The molecule has 0 fully saturated rings. The van der Waals surface area contributed by atoms with Gasteiger partial charge in [-0.1, -0.05) is 0 Å². The molecule has 0 saturated carbocycles. The molecule has 0 radical (unpaired) electrons. The van der Waals surface area contributed by atoms with Crippen LogP contribution in [0.25, 0.3) is 0 Å². The number of benzene rings is 2. The Balaban J connectivity index is 2.59. The van der Waals surface area contributed by atoms with Crippen LogP contribution in [0.3, 0.4) is 0 Å². The van der Waals surface area contributed by atoms with Gasteiger partial charge in [-0.3, -0.25) is 0 Å². The van der Waals surface area contributed by atoms with E-state index in [1.54, 1.807) is 0 Å². The molecule has 21 heavy (non-hydrogen) atoms. The van der Waals surface area contributed by atoms with Crippen LogP contribution in [0.1, 0.15) is 27.7 Å². The van der Waals surface area contributed by atoms with Crippen LogP contribution in [0, 0.1) is 0 Å². The summed E-state index contributed by atoms with van der Waals surface area (Å²) >= 11 is 0. The third kappa shape index (κ3) is 3.91. The molecule has 0 aliphatic rings. The zero-order chi connectivity index (χ0) is 15.3. The molecule has 2 rings (SSSR count). The van der Waals surface area contributed by atoms with Crippen LogP contribution in [0.4, 0.5) is 0 Å². The second-order valence-corrected chi connectivity index (χ2v) is 8.54. The van der Waals surface area contributed by atoms with Gasteiger partial charge >= 0.3 is 128 Å². The Bertz CT molecular complexity index is 486. The molecule has 2 aromatic rings. The Morgan fingerprint density at radius 1 is 0.619 bits per heavy atom. The average molecular weight is 304 g/mol. The second-order valence-electron chi connectivity index (χ2n) is 5.68. The van der Waals surface area contributed by atoms with Crippen LogP contribution >= 0.6 is 7.72 Å². The predicted octanol–water partition coefficient (Wildman–Crippen LogP) is 4.07. The van der Waals surface area contributed by atoms with E-state index in [-0.39, 0.29) is 12.2 Å². The molecule has 0 saturated heterocycles. The first-order valence-corrected chi connectivity index (χ1v) is 9.33. The van der Waals surface area contributed by atoms with E-state index < -0.39 is 7.72 Å². The van der Waals surface area contributed by atoms with Crippen molar-refractivity contribution in [3.63, 3.8) is 0 Å². The molecule has 114 valence electrons. The van der Waals surface area contributed by atoms with Crippen LogP contribution in [0.2, 0.25) is 0 Å². The van der Waals surface area contributed by atoms with Crippen LogP contribution in [-0.4, -0.2) is 12.2 Å². The zero-order valence-corrected chi connectivity index (χ0v) is 14.2. The summed E-state index contributed by atoms with van der Waals surface area (Å²) in [6, 6.07) is 20.7. The van der Waals surface area contributed by atoms with Crippen molar-refractivity contribution in [2.45, 2.75) is 39.9 Å². The fourth-order valence-electron chi connectivity index (χ4n) is 2.45. The molecule has 0 heterocycles. The molecule has 3 heteroatoms. The molecule has 2 aromatic carbocycles. The van der Waals surface area contributed by atoms with Gasteiger partial charge in [-0.15, -0.1) is 0 Å². The predicted molar refractivity (Wildman–Crippen MR) is 92.9 cm³/mol. The fraction of sp³-hybridized carbons (Fsp3) is 0.333. The van der Waals surface area contributed by atoms with E-state index in [0.717, 1.165) is 10.6 Å². The third-order valence-electron chi connectivity index (χ3n) is 3.11. The molecule has 0 atom stereocenters. The van der Waals surface area contributed by atoms with E-state index in [2.05, 4.69) is 52.0 Å². The Morgan fingerprint density at radius 2 is 0.952 bits per heavy atom. The van der Waals surface area contributed by atoms with Gasteiger partial charge in [0, 0.05) is 0 Å². The van der Waals surface area contributed by atoms with Gasteiger partial charge in [0.2, 0.25) is 0 Å². The maximum atomic E-state index is 6.44. The van der Waals surface area contributed by atoms with Crippen molar-refractivity contribution in [3.8, 4) is 0 Å². The summed E-state index contributed by atoms with van der Waals surface area (Å²) in [6.07, 6.45) is 0.214. The van der Waals surface area contributed by atoms with Crippen molar-refractivity contribution < 1.29 is 9.05 Å². The van der Waals surface area contributed by atoms with Crippen molar-refractivity contribution >= 4 is 18.3 Å². The van der Waals surface area contributed by atoms with Crippen LogP contribution < -0.4 is 10.6 Å². The molecular weight excluding hydrogens is 279 g/mol. The Labute approximate surface area is 128 Å². The summed E-state index contributed by atoms with van der Waals surface area (Å²) in [5.41, 5.74) is 0. The van der Waals surface area contributed by atoms with Crippen molar-refractivity contribution in [1.82, 2.24) is 0 Å². The van der Waals surface area contributed by atoms with Gasteiger partial charge in [-0.05, 0) is 0 Å². The molecule has 2 nitrogen and oxygen atoms in total. The van der Waals surface area contributed by atoms with Crippen molar-refractivity contribution in [3.05, 3.63) is 60.7 Å². The molecule has 0 aliphatic heterocycles. The minimum absolute atomic E-state index is 0.107. The number of rotatable bonds is 6. The van der Waals surface area contributed by atoms with Gasteiger partial charge in [0.25, 0.3) is 0 Å². The average Bonchev–Trinajstić information content (AvgIpc) is 2.47. The van der Waals surface area contributed by atoms with Gasteiger partial charge < -0.3 is 0 Å². The van der Waals surface area contributed by atoms with E-state index in [1.807, 2.05) is 36.4 Å². The van der Waals surface area contributed by atoms with E-state index in [9.17, 15) is 0 Å². The first kappa shape index (κ1) is 16.2. The van der Waals surface area contributed by atoms with Gasteiger partial charge in [0.15, 0.2) is 0 Å². The van der Waals surface area contributed by atoms with E-state index in [1.165, 1.54) is 0 Å². The first-order valence-electron chi connectivity index (χ1n) is 7.51. The molecule has 0 aromatic heterocycles. The van der Waals surface area contributed by atoms with Gasteiger partial charge in [0.05, 0.1) is 0 Å². The molecular formula is C18H25O2P. The number of hydrogen-bond acceptors (Lipinski definition) is 2. The van der Waals surface area contributed by atoms with E-state index in [0.29, 0.717) is 0 Å². The second kappa shape index (κ2) is 7.17. The number of hydrogen-bond donors (Lipinski definition) is 0. The van der Waals surface area contributed by atoms with E-state index >= 15 is 0 Å². The van der Waals surface area contributed by atoms with E-state index in [4.69, 9.17) is 9.05 Å². The molecule has 0 amide bonds. The Morgan fingerprint density at radius 3 is 1.24 bits per heavy atom. The molecule has 0 aliphatic carbocycles. The maximum absolute atomic E-state index is 6.44. The summed E-state index contributed by atoms with van der Waals surface area (Å²) in [7, 11) is -2.67. The SMILES string of the molecule is CC(C)O[PH](OC(C)C)(c1ccccc1)c1ccccc1. The quantitative estimate of drug-likeness (QED) is 0.749. The van der Waals surface area contributed by atoms with Crippen molar-refractivity contribution in [2.75, 3.05) is 0 Å². The zero-order valence-electron chi connectivity index (χ0n) is 13.2. The topological polar surface area (TPSA) is 18.5 Å². The van der Waals surface area contributed by atoms with Crippen LogP contribution in [-0.2, 0) is 9.05 Å². The van der Waals surface area contributed by atoms with Gasteiger partial charge in [-0.2, -0.15) is 0 Å². The van der Waals surface area contributed by atoms with Gasteiger partial charge in [-0.25, -0.2) is 0 Å². The summed E-state index contributed by atoms with van der Waals surface area (Å²) in [4.78, 5) is 0. The minimum atomic E-state index is -2.67. The normalized spacial score (nSPS) is 12.9. The molecule has 0 spiro atoms. The summed E-state index contributed by atoms with van der Waals surface area (Å²) < 4.78 is 12.9. The van der Waals surface area contributed by atoms with Crippen molar-refractivity contribution in [2.24, 2.45) is 0 Å². The summed E-state index contributed by atoms with van der Waals surface area (Å²) in [5, 5.41) is 2.30. The van der Waals surface area contributed by atoms with Crippen molar-refractivity contribution in [1.29, 1.82) is 0 Å². The summed E-state index contributed by atoms with van der Waals surface area (Å²) in [6.45, 7) is 8.27. The molecule has 0 unspecified atom stereocenters. The third-order valence-corrected chi connectivity index (χ3v) is 6.90. The standard InChI is InChI=1S/C18H25O2P/c1-15(2)19-21(20-16(3)4,17-11-7-5-8-12-17)18-13-9-6-10-14-18/h5-16,21H,1-4H3. The first-order chi connectivity index (χ1) is 10.0. The monoisotopic (exact) mass is 304 g/mol. The van der Waals surface area contributed by atoms with Crippen LogP contribution in [0.15, 0.2) is 60.7 Å². The van der Waals surface area contributed by atoms with Crippen LogP contribution in [0.5, 0.6) is 0 Å². The fourth-order valence-corrected chi connectivity index (χ4v) is 5.97. The molecule has 0 N–H and O–H groups in total. The summed E-state index contributed by atoms with van der Waals surface area (Å²) in [5.74, 6) is 0. The Hall–Kier alpha value is -1.21.